The Kier molecular flexibility index (Phi) is 6.73. The van der Waals surface area contributed by atoms with Gasteiger partial charge in [-0.25, -0.2) is 0 Å². The molecule has 0 aromatic carbocycles. The molecule has 7 heteroatoms. The summed E-state index contributed by atoms with van der Waals surface area (Å²) in [6, 6.07) is 0. The molecule has 0 N–H and O–H groups in total. The van der Waals surface area contributed by atoms with Crippen LogP contribution in [-0.4, -0.2) is 83.1 Å². The van der Waals surface area contributed by atoms with Gasteiger partial charge in [-0.2, -0.15) is 0 Å². The van der Waals surface area contributed by atoms with Crippen molar-refractivity contribution in [3.05, 3.63) is 0 Å². The van der Waals surface area contributed by atoms with Crippen LogP contribution in [0.4, 0.5) is 0 Å². The lowest BCUT2D eigenvalue weighted by Gasteiger charge is -2.33. The summed E-state index contributed by atoms with van der Waals surface area (Å²) in [6.07, 6.45) is 7.35. The highest BCUT2D eigenvalue weighted by Crippen LogP contribution is 2.44. The monoisotopic (exact) mass is 412 g/mol. The summed E-state index contributed by atoms with van der Waals surface area (Å²) in [5.74, 6) is 1.84. The van der Waals surface area contributed by atoms with Crippen LogP contribution in [0.15, 0.2) is 0 Å². The molecule has 7 nitrogen and oxygen atoms in total. The lowest BCUT2D eigenvalue weighted by atomic mass is 9.74. The molecule has 8 unspecified atom stereocenters. The second kappa shape index (κ2) is 9.47. The van der Waals surface area contributed by atoms with Gasteiger partial charge in [0.2, 0.25) is 0 Å². The van der Waals surface area contributed by atoms with Crippen molar-refractivity contribution >= 4 is 0 Å². The second-order valence-corrected chi connectivity index (χ2v) is 9.48. The van der Waals surface area contributed by atoms with Crippen LogP contribution in [0.2, 0.25) is 0 Å². The maximum atomic E-state index is 6.04. The van der Waals surface area contributed by atoms with Crippen molar-refractivity contribution in [1.29, 1.82) is 0 Å². The maximum Gasteiger partial charge on any atom is 0.157 e. The standard InChI is InChI=1S/C22H36O7/c1-14(15-2-4-20-21(6-15)29-20)16(7-23-8-17-9-24-17)3-5-22(27-12-18-10-25-18)28-13-19-11-26-19/h14-22H,2-13H2,1H3. The van der Waals surface area contributed by atoms with Gasteiger partial charge >= 0.3 is 0 Å². The highest BCUT2D eigenvalue weighted by Gasteiger charge is 2.46. The average Bonchev–Trinajstić information content (AvgIpc) is 3.53. The molecule has 0 bridgehead atoms. The molecule has 1 aliphatic carbocycles. The fourth-order valence-electron chi connectivity index (χ4n) is 4.63. The molecule has 29 heavy (non-hydrogen) atoms. The first-order valence-corrected chi connectivity index (χ1v) is 11.6. The fourth-order valence-corrected chi connectivity index (χ4v) is 4.63. The summed E-state index contributed by atoms with van der Waals surface area (Å²) in [7, 11) is 0. The van der Waals surface area contributed by atoms with Crippen molar-refractivity contribution in [3.8, 4) is 0 Å². The third-order valence-electron chi connectivity index (χ3n) is 7.08. The fraction of sp³-hybridized carbons (Fsp3) is 1.00. The normalized spacial score (nSPS) is 40.0. The van der Waals surface area contributed by atoms with Gasteiger partial charge in [0.1, 0.15) is 18.3 Å². The van der Waals surface area contributed by atoms with E-state index in [9.17, 15) is 0 Å². The lowest BCUT2D eigenvalue weighted by Crippen LogP contribution is -2.30. The van der Waals surface area contributed by atoms with Gasteiger partial charge in [-0.05, 0) is 49.9 Å². The first-order valence-electron chi connectivity index (χ1n) is 11.6. The second-order valence-electron chi connectivity index (χ2n) is 9.48. The Morgan fingerprint density at radius 2 is 1.48 bits per heavy atom. The van der Waals surface area contributed by atoms with Crippen LogP contribution in [0, 0.1) is 17.8 Å². The van der Waals surface area contributed by atoms with Crippen LogP contribution in [-0.2, 0) is 33.2 Å². The topological polar surface area (TPSA) is 77.8 Å². The first-order chi connectivity index (χ1) is 14.2. The van der Waals surface area contributed by atoms with E-state index in [1.807, 2.05) is 0 Å². The van der Waals surface area contributed by atoms with E-state index in [0.29, 0.717) is 43.4 Å². The molecule has 0 amide bonds. The van der Waals surface area contributed by atoms with Crippen LogP contribution in [0.25, 0.3) is 0 Å². The van der Waals surface area contributed by atoms with E-state index in [-0.39, 0.29) is 18.5 Å². The molecule has 5 rings (SSSR count). The molecule has 0 spiro atoms. The molecule has 0 radical (unpaired) electrons. The Hall–Kier alpha value is -0.280. The molecule has 166 valence electrons. The van der Waals surface area contributed by atoms with Crippen molar-refractivity contribution in [2.75, 3.05) is 46.2 Å². The highest BCUT2D eigenvalue weighted by atomic mass is 16.7. The predicted molar refractivity (Wildman–Crippen MR) is 104 cm³/mol. The quantitative estimate of drug-likeness (QED) is 0.301. The van der Waals surface area contributed by atoms with E-state index in [2.05, 4.69) is 6.92 Å². The van der Waals surface area contributed by atoms with Crippen LogP contribution in [0.5, 0.6) is 0 Å². The zero-order valence-corrected chi connectivity index (χ0v) is 17.5. The van der Waals surface area contributed by atoms with Crippen LogP contribution < -0.4 is 0 Å². The smallest absolute Gasteiger partial charge is 0.157 e. The number of hydrogen-bond acceptors (Lipinski definition) is 7. The first kappa shape index (κ1) is 20.6. The average molecular weight is 413 g/mol. The molecule has 0 aromatic rings. The van der Waals surface area contributed by atoms with Crippen LogP contribution in [0.1, 0.15) is 39.0 Å². The number of epoxide rings is 4. The molecule has 1 saturated carbocycles. The summed E-state index contributed by atoms with van der Waals surface area (Å²) in [4.78, 5) is 0. The minimum absolute atomic E-state index is 0.188. The van der Waals surface area contributed by atoms with Gasteiger partial charge < -0.3 is 33.2 Å². The SMILES string of the molecule is CC(C(CCC(OCC1CO1)OCC1CO1)COCC1CO1)C1CCC2OC2C1. The van der Waals surface area contributed by atoms with E-state index >= 15 is 0 Å². The Balaban J connectivity index is 1.12. The van der Waals surface area contributed by atoms with E-state index in [1.54, 1.807) is 0 Å². The molecular formula is C22H36O7. The zero-order chi connectivity index (χ0) is 19.6. The third-order valence-corrected chi connectivity index (χ3v) is 7.08. The van der Waals surface area contributed by atoms with Gasteiger partial charge in [-0.15, -0.1) is 0 Å². The van der Waals surface area contributed by atoms with Crippen molar-refractivity contribution in [3.63, 3.8) is 0 Å². The number of fused-ring (bicyclic) bond motifs is 1. The minimum atomic E-state index is -0.188. The largest absolute Gasteiger partial charge is 0.378 e. The van der Waals surface area contributed by atoms with E-state index in [4.69, 9.17) is 33.2 Å². The molecule has 8 atom stereocenters. The van der Waals surface area contributed by atoms with Crippen molar-refractivity contribution in [2.24, 2.45) is 17.8 Å². The van der Waals surface area contributed by atoms with Crippen LogP contribution >= 0.6 is 0 Å². The zero-order valence-electron chi connectivity index (χ0n) is 17.5. The Morgan fingerprint density at radius 1 is 0.828 bits per heavy atom. The van der Waals surface area contributed by atoms with Crippen molar-refractivity contribution < 1.29 is 33.2 Å². The van der Waals surface area contributed by atoms with Crippen molar-refractivity contribution in [2.45, 2.75) is 75.8 Å². The molecule has 4 aliphatic heterocycles. The number of ether oxygens (including phenoxy) is 7. The Labute approximate surface area is 173 Å². The molecular weight excluding hydrogens is 376 g/mol. The van der Waals surface area contributed by atoms with E-state index < -0.39 is 0 Å². The third kappa shape index (κ3) is 6.60. The maximum absolute atomic E-state index is 6.04. The van der Waals surface area contributed by atoms with Crippen molar-refractivity contribution in [1.82, 2.24) is 0 Å². The highest BCUT2D eigenvalue weighted by molar-refractivity contribution is 4.94. The van der Waals surface area contributed by atoms with Gasteiger partial charge in [-0.3, -0.25) is 0 Å². The molecule has 5 fully saturated rings. The summed E-state index contributed by atoms with van der Waals surface area (Å²) < 4.78 is 39.7. The number of rotatable bonds is 15. The van der Waals surface area contributed by atoms with Gasteiger partial charge in [0.05, 0.1) is 51.8 Å². The van der Waals surface area contributed by atoms with Gasteiger partial charge in [0.25, 0.3) is 0 Å². The van der Waals surface area contributed by atoms with Crippen LogP contribution in [0.3, 0.4) is 0 Å². The molecule has 0 aromatic heterocycles. The summed E-state index contributed by atoms with van der Waals surface area (Å²) in [5, 5.41) is 0. The molecule has 5 aliphatic rings. The van der Waals surface area contributed by atoms with E-state index in [1.165, 1.54) is 19.3 Å². The van der Waals surface area contributed by atoms with Gasteiger partial charge in [0.15, 0.2) is 6.29 Å². The molecule has 4 heterocycles. The van der Waals surface area contributed by atoms with E-state index in [0.717, 1.165) is 51.8 Å². The summed E-state index contributed by atoms with van der Waals surface area (Å²) >= 11 is 0. The van der Waals surface area contributed by atoms with Gasteiger partial charge in [-0.1, -0.05) is 6.92 Å². The number of hydrogen-bond donors (Lipinski definition) is 0. The lowest BCUT2D eigenvalue weighted by molar-refractivity contribution is -0.154. The Morgan fingerprint density at radius 3 is 2.10 bits per heavy atom. The minimum Gasteiger partial charge on any atom is -0.378 e. The molecule has 4 saturated heterocycles. The van der Waals surface area contributed by atoms with Gasteiger partial charge in [0, 0.05) is 6.61 Å². The Bertz CT molecular complexity index is 503. The summed E-state index contributed by atoms with van der Waals surface area (Å²) in [6.45, 7) is 7.61. The predicted octanol–water partition coefficient (Wildman–Crippen LogP) is 2.16. The summed E-state index contributed by atoms with van der Waals surface area (Å²) in [5.41, 5.74) is 0.